The van der Waals surface area contributed by atoms with E-state index >= 15 is 0 Å². The second kappa shape index (κ2) is 19.1. The fraction of sp³-hybridized carbons (Fsp3) is 0.667. The quantitative estimate of drug-likeness (QED) is 0.0516. The molecule has 3 atom stereocenters. The van der Waals surface area contributed by atoms with Gasteiger partial charge in [0.1, 0.15) is 0 Å². The van der Waals surface area contributed by atoms with Gasteiger partial charge in [-0.1, -0.05) is 22.6 Å². The van der Waals surface area contributed by atoms with Crippen LogP contribution in [0.25, 0.3) is 0 Å². The number of rotatable bonds is 17. The molecule has 0 spiro atoms. The third-order valence-electron chi connectivity index (χ3n) is 6.30. The Balaban J connectivity index is 2.86. The van der Waals surface area contributed by atoms with Crippen molar-refractivity contribution in [2.45, 2.75) is 91.4 Å². The number of allylic oxidation sites excluding steroid dienone is 2. The number of halogens is 1. The fourth-order valence-electron chi connectivity index (χ4n) is 4.28. The second-order valence-corrected chi connectivity index (χ2v) is 22.7. The van der Waals surface area contributed by atoms with Crippen molar-refractivity contribution >= 4 is 46.9 Å². The average Bonchev–Trinajstić information content (AvgIpc) is 3.23. The Bertz CT molecular complexity index is 622. The van der Waals surface area contributed by atoms with Crippen molar-refractivity contribution in [2.75, 3.05) is 13.7 Å². The molecule has 188 valence electrons. The van der Waals surface area contributed by atoms with Gasteiger partial charge >= 0.3 is 195 Å². The molecule has 1 rings (SSSR count). The molecule has 0 N–H and O–H groups in total. The van der Waals surface area contributed by atoms with Crippen molar-refractivity contribution in [2.24, 2.45) is 5.92 Å². The molecule has 1 saturated heterocycles. The predicted molar refractivity (Wildman–Crippen MR) is 150 cm³/mol. The second-order valence-electron chi connectivity index (χ2n) is 8.93. The van der Waals surface area contributed by atoms with Crippen LogP contribution in [0.4, 0.5) is 0 Å². The van der Waals surface area contributed by atoms with E-state index in [9.17, 15) is 4.79 Å². The molecule has 1 heterocycles. The molecule has 1 aliphatic heterocycles. The van der Waals surface area contributed by atoms with Gasteiger partial charge in [0.15, 0.2) is 0 Å². The number of carbonyl (C=O) groups excluding carboxylic acids is 1. The molecule has 1 fully saturated rings. The Morgan fingerprint density at radius 3 is 2.21 bits per heavy atom. The van der Waals surface area contributed by atoms with E-state index in [2.05, 4.69) is 65.7 Å². The van der Waals surface area contributed by atoms with Gasteiger partial charge < -0.3 is 0 Å². The molecule has 0 aromatic carbocycles. The molecule has 0 aromatic heterocycles. The molecule has 0 saturated carbocycles. The van der Waals surface area contributed by atoms with Gasteiger partial charge in [-0.05, 0) is 4.08 Å². The zero-order valence-electron chi connectivity index (χ0n) is 21.1. The van der Waals surface area contributed by atoms with Crippen LogP contribution in [0, 0.1) is 5.92 Å². The monoisotopic (exact) mass is 680 g/mol. The third-order valence-corrected chi connectivity index (χ3v) is 20.9. The van der Waals surface area contributed by atoms with E-state index < -0.39 is 18.4 Å². The molecule has 0 aromatic rings. The van der Waals surface area contributed by atoms with Crippen LogP contribution in [-0.4, -0.2) is 50.5 Å². The van der Waals surface area contributed by atoms with Gasteiger partial charge in [0.25, 0.3) is 0 Å². The molecule has 4 nitrogen and oxygen atoms in total. The molecular formula is C27H45IO4Sn. The minimum absolute atomic E-state index is 0.180. The summed E-state index contributed by atoms with van der Waals surface area (Å²) in [4.78, 5) is 11.9. The summed E-state index contributed by atoms with van der Waals surface area (Å²) in [5, 5.41) is 0. The Hall–Kier alpha value is -0.121. The average molecular weight is 679 g/mol. The van der Waals surface area contributed by atoms with Crippen LogP contribution in [0.3, 0.4) is 0 Å². The summed E-state index contributed by atoms with van der Waals surface area (Å²) in [5.41, 5.74) is 0. The van der Waals surface area contributed by atoms with Crippen molar-refractivity contribution in [3.8, 4) is 0 Å². The van der Waals surface area contributed by atoms with E-state index in [1.54, 1.807) is 19.3 Å². The summed E-state index contributed by atoms with van der Waals surface area (Å²) in [5.74, 6) is -0.164. The molecule has 33 heavy (non-hydrogen) atoms. The maximum atomic E-state index is 11.9. The van der Waals surface area contributed by atoms with Crippen LogP contribution in [0.2, 0.25) is 13.3 Å². The van der Waals surface area contributed by atoms with Crippen LogP contribution >= 0.6 is 22.6 Å². The Labute approximate surface area is 220 Å². The fourth-order valence-corrected chi connectivity index (χ4v) is 18.6. The van der Waals surface area contributed by atoms with Gasteiger partial charge in [-0.2, -0.15) is 0 Å². The summed E-state index contributed by atoms with van der Waals surface area (Å²) >= 11 is -0.154. The Morgan fingerprint density at radius 1 is 1.03 bits per heavy atom. The van der Waals surface area contributed by atoms with Crippen LogP contribution in [-0.2, 0) is 19.0 Å². The minimum atomic E-state index is -2.26. The molecule has 0 bridgehead atoms. The zero-order chi connectivity index (χ0) is 24.4. The summed E-state index contributed by atoms with van der Waals surface area (Å²) in [6.45, 7) is 7.23. The predicted octanol–water partition coefficient (Wildman–Crippen LogP) is 7.91. The molecule has 1 aliphatic rings. The van der Waals surface area contributed by atoms with Gasteiger partial charge in [-0.15, -0.1) is 0 Å². The van der Waals surface area contributed by atoms with Crippen LogP contribution in [0.15, 0.2) is 44.6 Å². The number of unbranched alkanes of at least 4 members (excludes halogenated alkanes) is 3. The molecule has 0 aliphatic carbocycles. The van der Waals surface area contributed by atoms with E-state index in [0.717, 1.165) is 6.42 Å². The van der Waals surface area contributed by atoms with Gasteiger partial charge in [0, 0.05) is 0 Å². The number of ether oxygens (including phenoxy) is 3. The zero-order valence-corrected chi connectivity index (χ0v) is 26.2. The van der Waals surface area contributed by atoms with E-state index in [1.807, 2.05) is 4.08 Å². The van der Waals surface area contributed by atoms with Crippen molar-refractivity contribution in [3.63, 3.8) is 0 Å². The first kappa shape index (κ1) is 30.9. The first-order valence-corrected chi connectivity index (χ1v) is 21.6. The third kappa shape index (κ3) is 13.0. The molecular weight excluding hydrogens is 634 g/mol. The normalized spacial score (nSPS) is 21.9. The number of esters is 1. The van der Waals surface area contributed by atoms with Crippen molar-refractivity contribution in [1.29, 1.82) is 0 Å². The first-order chi connectivity index (χ1) is 16.0. The topological polar surface area (TPSA) is 44.8 Å². The van der Waals surface area contributed by atoms with Gasteiger partial charge in [0.05, 0.1) is 0 Å². The van der Waals surface area contributed by atoms with E-state index in [-0.39, 0.29) is 30.9 Å². The summed E-state index contributed by atoms with van der Waals surface area (Å²) in [6, 6.07) is 0. The van der Waals surface area contributed by atoms with Crippen LogP contribution in [0.1, 0.15) is 65.7 Å². The van der Waals surface area contributed by atoms with Gasteiger partial charge in [-0.3, -0.25) is 0 Å². The van der Waals surface area contributed by atoms with Gasteiger partial charge in [-0.25, -0.2) is 0 Å². The molecule has 0 radical (unpaired) electrons. The standard InChI is InChI=1S/C15H18IO4.3C4H9.Sn/c1-3-4-6-12-11-15(18-2)20-13(12)7-8-14(17)19-10-5-9-16;3*1-3-4-2;/h1,3-9,12-13,15H,10-11H2,2H3;3*1,3-4H2,2H3;/b3-1?,6-4-,8-7+,9-5+;;;;/t12-,13+,15-;;;;/m1..../s1. The van der Waals surface area contributed by atoms with Gasteiger partial charge in [0.2, 0.25) is 0 Å². The first-order valence-electron chi connectivity index (χ1n) is 12.7. The summed E-state index contributed by atoms with van der Waals surface area (Å²) in [7, 11) is 1.67. The van der Waals surface area contributed by atoms with Crippen molar-refractivity contribution in [3.05, 3.63) is 44.6 Å². The number of hydrogen-bond donors (Lipinski definition) is 0. The van der Waals surface area contributed by atoms with Crippen molar-refractivity contribution < 1.29 is 19.0 Å². The number of carbonyl (C=O) groups is 1. The van der Waals surface area contributed by atoms with E-state index in [4.69, 9.17) is 14.2 Å². The SMILES string of the molecule is CCC[CH2][Sn](/[CH]=C/C=C\[C@@H]1C[C@H](OC)O[C@H]1/C=C/C(=O)OC/C=C/I)([CH2]CCC)[CH2]CCC. The molecule has 0 unspecified atom stereocenters. The summed E-state index contributed by atoms with van der Waals surface area (Å²) < 4.78 is 25.5. The number of hydrogen-bond acceptors (Lipinski definition) is 4. The Morgan fingerprint density at radius 2 is 1.67 bits per heavy atom. The van der Waals surface area contributed by atoms with E-state index in [0.29, 0.717) is 0 Å². The molecule has 6 heteroatoms. The molecule has 0 amide bonds. The Kier molecular flexibility index (Phi) is 17.9. The maximum absolute atomic E-state index is 11.9. The summed E-state index contributed by atoms with van der Waals surface area (Å²) in [6.07, 6.45) is 20.2. The van der Waals surface area contributed by atoms with E-state index in [1.165, 1.54) is 57.9 Å². The van der Waals surface area contributed by atoms with Crippen molar-refractivity contribution in [1.82, 2.24) is 0 Å². The number of methoxy groups -OCH3 is 1. The van der Waals surface area contributed by atoms with Crippen LogP contribution < -0.4 is 0 Å². The van der Waals surface area contributed by atoms with Crippen LogP contribution in [0.5, 0.6) is 0 Å².